The monoisotopic (exact) mass is 186 g/mol. The Labute approximate surface area is 82.9 Å². The van der Waals surface area contributed by atoms with Gasteiger partial charge in [-0.1, -0.05) is 12.0 Å². The standard InChI is InChI=1S/C12H10O2/c1-14-12(13)7-3-9-2-4-10-5-6-11(10)8-9/h2,4,8H,5-6H2,1H3. The maximum absolute atomic E-state index is 10.8. The summed E-state index contributed by atoms with van der Waals surface area (Å²) in [6.07, 6.45) is 2.29. The third kappa shape index (κ3) is 1.62. The molecule has 1 aliphatic carbocycles. The molecule has 1 aliphatic rings. The van der Waals surface area contributed by atoms with Crippen LogP contribution in [0.4, 0.5) is 0 Å². The van der Waals surface area contributed by atoms with Crippen LogP contribution in [-0.4, -0.2) is 13.1 Å². The van der Waals surface area contributed by atoms with Crippen LogP contribution in [0.15, 0.2) is 18.2 Å². The molecular weight excluding hydrogens is 176 g/mol. The average Bonchev–Trinajstić information content (AvgIpc) is 2.17. The van der Waals surface area contributed by atoms with Gasteiger partial charge in [0, 0.05) is 11.5 Å². The van der Waals surface area contributed by atoms with Gasteiger partial charge in [-0.2, -0.15) is 0 Å². The molecule has 2 nitrogen and oxygen atoms in total. The van der Waals surface area contributed by atoms with Gasteiger partial charge in [-0.25, -0.2) is 4.79 Å². The molecule has 0 aliphatic heterocycles. The van der Waals surface area contributed by atoms with Crippen LogP contribution in [0.1, 0.15) is 16.7 Å². The second kappa shape index (κ2) is 3.55. The number of hydrogen-bond donors (Lipinski definition) is 0. The van der Waals surface area contributed by atoms with Gasteiger partial charge in [0.25, 0.3) is 0 Å². The lowest BCUT2D eigenvalue weighted by Crippen LogP contribution is -2.07. The molecule has 0 fully saturated rings. The van der Waals surface area contributed by atoms with Gasteiger partial charge in [0.2, 0.25) is 0 Å². The highest BCUT2D eigenvalue weighted by atomic mass is 16.5. The molecular formula is C12H10O2. The zero-order valence-electron chi connectivity index (χ0n) is 7.96. The van der Waals surface area contributed by atoms with Crippen molar-refractivity contribution in [1.29, 1.82) is 0 Å². The fraction of sp³-hybridized carbons (Fsp3) is 0.250. The smallest absolute Gasteiger partial charge is 0.384 e. The van der Waals surface area contributed by atoms with Crippen molar-refractivity contribution in [1.82, 2.24) is 0 Å². The van der Waals surface area contributed by atoms with E-state index in [4.69, 9.17) is 0 Å². The quantitative estimate of drug-likeness (QED) is 0.451. The van der Waals surface area contributed by atoms with E-state index in [9.17, 15) is 4.79 Å². The van der Waals surface area contributed by atoms with Crippen molar-refractivity contribution < 1.29 is 9.53 Å². The zero-order valence-corrected chi connectivity index (χ0v) is 7.96. The van der Waals surface area contributed by atoms with Crippen molar-refractivity contribution in [2.45, 2.75) is 12.8 Å². The Morgan fingerprint density at radius 2 is 2.14 bits per heavy atom. The molecule has 0 radical (unpaired) electrons. The third-order valence-corrected chi connectivity index (χ3v) is 2.36. The predicted octanol–water partition coefficient (Wildman–Crippen LogP) is 1.31. The van der Waals surface area contributed by atoms with Gasteiger partial charge >= 0.3 is 5.97 Å². The molecule has 0 atom stereocenters. The fourth-order valence-electron chi connectivity index (χ4n) is 1.45. The second-order valence-corrected chi connectivity index (χ2v) is 3.23. The van der Waals surface area contributed by atoms with E-state index in [1.54, 1.807) is 0 Å². The van der Waals surface area contributed by atoms with E-state index in [2.05, 4.69) is 22.6 Å². The number of esters is 1. The highest BCUT2D eigenvalue weighted by molar-refractivity contribution is 5.89. The second-order valence-electron chi connectivity index (χ2n) is 3.23. The molecule has 1 aromatic carbocycles. The number of aryl methyl sites for hydroxylation is 2. The van der Waals surface area contributed by atoms with Crippen molar-refractivity contribution in [3.63, 3.8) is 0 Å². The van der Waals surface area contributed by atoms with E-state index in [0.717, 1.165) is 12.0 Å². The Morgan fingerprint density at radius 1 is 1.36 bits per heavy atom. The van der Waals surface area contributed by atoms with Crippen molar-refractivity contribution >= 4 is 5.97 Å². The molecule has 1 aromatic rings. The van der Waals surface area contributed by atoms with E-state index >= 15 is 0 Å². The molecule has 0 heterocycles. The van der Waals surface area contributed by atoms with Crippen LogP contribution in [0, 0.1) is 11.8 Å². The molecule has 0 aromatic heterocycles. The van der Waals surface area contributed by atoms with Crippen LogP contribution in [0.5, 0.6) is 0 Å². The first-order chi connectivity index (χ1) is 6.79. The number of ether oxygens (including phenoxy) is 1. The van der Waals surface area contributed by atoms with E-state index in [-0.39, 0.29) is 0 Å². The van der Waals surface area contributed by atoms with Crippen molar-refractivity contribution in [2.75, 3.05) is 7.11 Å². The largest absolute Gasteiger partial charge is 0.459 e. The molecule has 0 N–H and O–H groups in total. The first-order valence-corrected chi connectivity index (χ1v) is 4.51. The van der Waals surface area contributed by atoms with Crippen LogP contribution in [0.25, 0.3) is 0 Å². The number of fused-ring (bicyclic) bond motifs is 1. The van der Waals surface area contributed by atoms with Gasteiger partial charge in [0.15, 0.2) is 0 Å². The highest BCUT2D eigenvalue weighted by Gasteiger charge is 2.11. The van der Waals surface area contributed by atoms with Gasteiger partial charge in [-0.05, 0) is 36.1 Å². The molecule has 2 rings (SSSR count). The number of carbonyl (C=O) groups is 1. The molecule has 0 saturated carbocycles. The van der Waals surface area contributed by atoms with E-state index in [1.165, 1.54) is 24.7 Å². The van der Waals surface area contributed by atoms with Gasteiger partial charge < -0.3 is 4.74 Å². The van der Waals surface area contributed by atoms with E-state index in [1.807, 2.05) is 12.1 Å². The minimum atomic E-state index is -0.493. The minimum Gasteiger partial charge on any atom is -0.459 e. The van der Waals surface area contributed by atoms with Crippen molar-refractivity contribution in [3.05, 3.63) is 34.9 Å². The molecule has 0 bridgehead atoms. The maximum atomic E-state index is 10.8. The molecule has 0 unspecified atom stereocenters. The number of benzene rings is 1. The van der Waals surface area contributed by atoms with Gasteiger partial charge in [0.05, 0.1) is 7.11 Å². The van der Waals surface area contributed by atoms with Crippen LogP contribution >= 0.6 is 0 Å². The number of carbonyl (C=O) groups excluding carboxylic acids is 1. The summed E-state index contributed by atoms with van der Waals surface area (Å²) >= 11 is 0. The summed E-state index contributed by atoms with van der Waals surface area (Å²) in [5, 5.41) is 0. The maximum Gasteiger partial charge on any atom is 0.384 e. The predicted molar refractivity (Wildman–Crippen MR) is 52.7 cm³/mol. The van der Waals surface area contributed by atoms with Crippen molar-refractivity contribution in [2.24, 2.45) is 0 Å². The lowest BCUT2D eigenvalue weighted by Gasteiger charge is -2.17. The summed E-state index contributed by atoms with van der Waals surface area (Å²) in [5.74, 6) is 4.69. The SMILES string of the molecule is COC(=O)C#Cc1ccc2c(c1)CC2. The van der Waals surface area contributed by atoms with Crippen LogP contribution in [0.2, 0.25) is 0 Å². The zero-order chi connectivity index (χ0) is 9.97. The Morgan fingerprint density at radius 3 is 2.71 bits per heavy atom. The minimum absolute atomic E-state index is 0.493. The van der Waals surface area contributed by atoms with Crippen LogP contribution in [0.3, 0.4) is 0 Å². The van der Waals surface area contributed by atoms with E-state index < -0.39 is 5.97 Å². The topological polar surface area (TPSA) is 26.3 Å². The Bertz CT molecular complexity index is 435. The first kappa shape index (κ1) is 8.83. The Balaban J connectivity index is 2.20. The third-order valence-electron chi connectivity index (χ3n) is 2.36. The lowest BCUT2D eigenvalue weighted by atomic mass is 9.87. The highest BCUT2D eigenvalue weighted by Crippen LogP contribution is 2.23. The molecule has 14 heavy (non-hydrogen) atoms. The summed E-state index contributed by atoms with van der Waals surface area (Å²) < 4.78 is 4.43. The summed E-state index contributed by atoms with van der Waals surface area (Å²) in [6, 6.07) is 6.04. The molecule has 0 saturated heterocycles. The van der Waals surface area contributed by atoms with Gasteiger partial charge in [0.1, 0.15) is 0 Å². The van der Waals surface area contributed by atoms with Crippen molar-refractivity contribution in [3.8, 4) is 11.8 Å². The summed E-state index contributed by atoms with van der Waals surface area (Å²) in [5.41, 5.74) is 3.63. The summed E-state index contributed by atoms with van der Waals surface area (Å²) in [7, 11) is 1.33. The molecule has 0 spiro atoms. The Hall–Kier alpha value is -1.75. The van der Waals surface area contributed by atoms with Crippen LogP contribution < -0.4 is 0 Å². The number of methoxy groups -OCH3 is 1. The molecule has 0 amide bonds. The number of rotatable bonds is 0. The first-order valence-electron chi connectivity index (χ1n) is 4.51. The summed E-state index contributed by atoms with van der Waals surface area (Å²) in [6.45, 7) is 0. The average molecular weight is 186 g/mol. The molecule has 70 valence electrons. The van der Waals surface area contributed by atoms with E-state index in [0.29, 0.717) is 0 Å². The normalized spacial score (nSPS) is 11.8. The lowest BCUT2D eigenvalue weighted by molar-refractivity contribution is -0.133. The van der Waals surface area contributed by atoms with Crippen LogP contribution in [-0.2, 0) is 22.4 Å². The summed E-state index contributed by atoms with van der Waals surface area (Å²) in [4.78, 5) is 10.8. The Kier molecular flexibility index (Phi) is 2.24. The molecule has 2 heteroatoms. The number of hydrogen-bond acceptors (Lipinski definition) is 2. The van der Waals surface area contributed by atoms with Gasteiger partial charge in [-0.3, -0.25) is 0 Å². The van der Waals surface area contributed by atoms with Gasteiger partial charge in [-0.15, -0.1) is 0 Å². The fourth-order valence-corrected chi connectivity index (χ4v) is 1.45.